The molecule has 2 heteroatoms. The number of benzene rings is 2. The highest BCUT2D eigenvalue weighted by Crippen LogP contribution is 2.44. The normalized spacial score (nSPS) is 16.9. The molecule has 0 amide bonds. The van der Waals surface area contributed by atoms with E-state index < -0.39 is 0 Å². The van der Waals surface area contributed by atoms with E-state index in [1.807, 2.05) is 18.2 Å². The zero-order valence-electron chi connectivity index (χ0n) is 10.6. The molecule has 2 N–H and O–H groups in total. The Hall–Kier alpha value is -1.96. The van der Waals surface area contributed by atoms with Gasteiger partial charge in [-0.25, -0.2) is 0 Å². The van der Waals surface area contributed by atoms with Crippen LogP contribution in [0, 0.1) is 0 Å². The van der Waals surface area contributed by atoms with Crippen LogP contribution in [-0.2, 0) is 0 Å². The highest BCUT2D eigenvalue weighted by molar-refractivity contribution is 5.67. The monoisotopic (exact) mass is 239 g/mol. The van der Waals surface area contributed by atoms with Gasteiger partial charge in [0.05, 0.1) is 6.04 Å². The number of phenolic OH excluding ortho intramolecular Hbond substituents is 1. The predicted octanol–water partition coefficient (Wildman–Crippen LogP) is 4.03. The molecule has 0 fully saturated rings. The van der Waals surface area contributed by atoms with Gasteiger partial charge < -0.3 is 10.4 Å². The van der Waals surface area contributed by atoms with Gasteiger partial charge in [-0.3, -0.25) is 0 Å². The third-order valence-corrected chi connectivity index (χ3v) is 3.58. The summed E-state index contributed by atoms with van der Waals surface area (Å²) in [5, 5.41) is 13.5. The van der Waals surface area contributed by atoms with Crippen LogP contribution >= 0.6 is 0 Å². The lowest BCUT2D eigenvalue weighted by Crippen LogP contribution is -2.06. The Bertz CT molecular complexity index is 589. The second kappa shape index (κ2) is 4.05. The number of fused-ring (bicyclic) bond motifs is 2. The van der Waals surface area contributed by atoms with Crippen LogP contribution < -0.4 is 5.32 Å². The summed E-state index contributed by atoms with van der Waals surface area (Å²) in [5.74, 6) is 0.840. The summed E-state index contributed by atoms with van der Waals surface area (Å²) in [6.45, 7) is 4.41. The molecule has 0 saturated heterocycles. The van der Waals surface area contributed by atoms with E-state index in [0.29, 0.717) is 11.7 Å². The molecule has 0 saturated carbocycles. The molecular weight excluding hydrogens is 222 g/mol. The van der Waals surface area contributed by atoms with Crippen LogP contribution in [0.4, 0.5) is 5.69 Å². The van der Waals surface area contributed by atoms with Crippen LogP contribution in [0.25, 0.3) is 0 Å². The van der Waals surface area contributed by atoms with E-state index in [4.69, 9.17) is 0 Å². The van der Waals surface area contributed by atoms with Gasteiger partial charge in [0.15, 0.2) is 0 Å². The summed E-state index contributed by atoms with van der Waals surface area (Å²) in [6.07, 6.45) is 0. The van der Waals surface area contributed by atoms with Gasteiger partial charge in [0.1, 0.15) is 5.75 Å². The van der Waals surface area contributed by atoms with Crippen molar-refractivity contribution in [3.8, 4) is 5.75 Å². The van der Waals surface area contributed by atoms with E-state index in [2.05, 4.69) is 37.4 Å². The Morgan fingerprint density at radius 1 is 1.00 bits per heavy atom. The maximum atomic E-state index is 10.0. The van der Waals surface area contributed by atoms with Crippen molar-refractivity contribution in [2.75, 3.05) is 5.32 Å². The van der Waals surface area contributed by atoms with Crippen molar-refractivity contribution in [2.45, 2.75) is 25.8 Å². The van der Waals surface area contributed by atoms with Gasteiger partial charge in [0.2, 0.25) is 0 Å². The van der Waals surface area contributed by atoms with Crippen molar-refractivity contribution in [1.82, 2.24) is 0 Å². The molecule has 1 aliphatic heterocycles. The molecule has 2 aromatic carbocycles. The van der Waals surface area contributed by atoms with Gasteiger partial charge in [-0.1, -0.05) is 44.2 Å². The molecule has 1 aliphatic rings. The summed E-state index contributed by atoms with van der Waals surface area (Å²) < 4.78 is 0. The van der Waals surface area contributed by atoms with E-state index in [1.54, 1.807) is 6.07 Å². The van der Waals surface area contributed by atoms with Crippen molar-refractivity contribution in [3.05, 3.63) is 59.2 Å². The van der Waals surface area contributed by atoms with Crippen molar-refractivity contribution >= 4 is 5.69 Å². The van der Waals surface area contributed by atoms with Crippen LogP contribution in [0.15, 0.2) is 42.5 Å². The third-order valence-electron chi connectivity index (χ3n) is 3.58. The van der Waals surface area contributed by atoms with Crippen molar-refractivity contribution in [3.63, 3.8) is 0 Å². The minimum absolute atomic E-state index is 0.0774. The molecule has 1 heterocycles. The first-order chi connectivity index (χ1) is 8.68. The Morgan fingerprint density at radius 2 is 1.72 bits per heavy atom. The molecule has 2 nitrogen and oxygen atoms in total. The number of hydrogen-bond acceptors (Lipinski definition) is 2. The fraction of sp³-hybridized carbons (Fsp3) is 0.250. The summed E-state index contributed by atoms with van der Waals surface area (Å²) in [4.78, 5) is 0. The molecular formula is C16H17NO. The van der Waals surface area contributed by atoms with E-state index in [-0.39, 0.29) is 6.04 Å². The zero-order chi connectivity index (χ0) is 12.7. The van der Waals surface area contributed by atoms with E-state index in [9.17, 15) is 5.11 Å². The van der Waals surface area contributed by atoms with Gasteiger partial charge in [-0.2, -0.15) is 0 Å². The minimum Gasteiger partial charge on any atom is -0.508 e. The minimum atomic E-state index is 0.0774. The predicted molar refractivity (Wildman–Crippen MR) is 74.1 cm³/mol. The lowest BCUT2D eigenvalue weighted by Gasteiger charge is -2.14. The maximum absolute atomic E-state index is 10.0. The lowest BCUT2D eigenvalue weighted by molar-refractivity contribution is 0.467. The molecule has 1 unspecified atom stereocenters. The third kappa shape index (κ3) is 1.57. The number of anilines is 1. The fourth-order valence-electron chi connectivity index (χ4n) is 2.82. The number of para-hydroxylation sites is 1. The topological polar surface area (TPSA) is 32.3 Å². The zero-order valence-corrected chi connectivity index (χ0v) is 10.6. The highest BCUT2D eigenvalue weighted by atomic mass is 16.3. The Balaban J connectivity index is 2.11. The van der Waals surface area contributed by atoms with Gasteiger partial charge in [-0.15, -0.1) is 0 Å². The van der Waals surface area contributed by atoms with Crippen molar-refractivity contribution < 1.29 is 5.11 Å². The first-order valence-corrected chi connectivity index (χ1v) is 6.35. The van der Waals surface area contributed by atoms with E-state index in [0.717, 1.165) is 5.56 Å². The molecule has 0 radical (unpaired) electrons. The molecule has 3 rings (SSSR count). The quantitative estimate of drug-likeness (QED) is 0.829. The second-order valence-electron chi connectivity index (χ2n) is 5.10. The Labute approximate surface area is 107 Å². The van der Waals surface area contributed by atoms with Crippen LogP contribution in [0.5, 0.6) is 5.75 Å². The SMILES string of the molecule is CC(C)c1c2cccc1C(c1ccccc1O)N2. The van der Waals surface area contributed by atoms with Crippen molar-refractivity contribution in [2.24, 2.45) is 0 Å². The first-order valence-electron chi connectivity index (χ1n) is 6.35. The summed E-state index contributed by atoms with van der Waals surface area (Å²) >= 11 is 0. The summed E-state index contributed by atoms with van der Waals surface area (Å²) in [5.41, 5.74) is 4.78. The van der Waals surface area contributed by atoms with Gasteiger partial charge in [-0.05, 0) is 29.2 Å². The smallest absolute Gasteiger partial charge is 0.121 e. The molecule has 2 aromatic rings. The number of hydrogen-bond donors (Lipinski definition) is 2. The fourth-order valence-corrected chi connectivity index (χ4v) is 2.82. The molecule has 92 valence electrons. The average molecular weight is 239 g/mol. The molecule has 0 aromatic heterocycles. The van der Waals surface area contributed by atoms with E-state index >= 15 is 0 Å². The van der Waals surface area contributed by atoms with Gasteiger partial charge in [0.25, 0.3) is 0 Å². The van der Waals surface area contributed by atoms with Crippen LogP contribution in [-0.4, -0.2) is 5.11 Å². The molecule has 2 bridgehead atoms. The number of phenols is 1. The Kier molecular flexibility index (Phi) is 2.51. The van der Waals surface area contributed by atoms with E-state index in [1.165, 1.54) is 16.8 Å². The largest absolute Gasteiger partial charge is 0.508 e. The van der Waals surface area contributed by atoms with Crippen LogP contribution in [0.1, 0.15) is 42.5 Å². The lowest BCUT2D eigenvalue weighted by atomic mass is 9.92. The molecule has 0 aliphatic carbocycles. The van der Waals surface area contributed by atoms with Gasteiger partial charge >= 0.3 is 0 Å². The maximum Gasteiger partial charge on any atom is 0.121 e. The molecule has 0 spiro atoms. The highest BCUT2D eigenvalue weighted by Gasteiger charge is 2.29. The summed E-state index contributed by atoms with van der Waals surface area (Å²) in [7, 11) is 0. The van der Waals surface area contributed by atoms with Crippen LogP contribution in [0.3, 0.4) is 0 Å². The first kappa shape index (κ1) is 11.1. The number of nitrogens with one attached hydrogen (secondary N) is 1. The van der Waals surface area contributed by atoms with Gasteiger partial charge in [0, 0.05) is 11.3 Å². The number of aromatic hydroxyl groups is 1. The molecule has 18 heavy (non-hydrogen) atoms. The second-order valence-corrected chi connectivity index (χ2v) is 5.10. The Morgan fingerprint density at radius 3 is 2.39 bits per heavy atom. The standard InChI is InChI=1S/C16H17NO/c1-10(2)15-12-7-5-8-13(15)17-16(12)11-6-3-4-9-14(11)18/h3-10,16-18H,1-2H3. The summed E-state index contributed by atoms with van der Waals surface area (Å²) in [6, 6.07) is 14.0. The number of rotatable bonds is 2. The van der Waals surface area contributed by atoms with Crippen molar-refractivity contribution in [1.29, 1.82) is 0 Å². The molecule has 1 atom stereocenters. The van der Waals surface area contributed by atoms with Crippen LogP contribution in [0.2, 0.25) is 0 Å². The average Bonchev–Trinajstić information content (AvgIpc) is 2.58.